The number of nitrogens with zero attached hydrogens (tertiary/aromatic N) is 3. The molecule has 1 aliphatic heterocycles. The minimum Gasteiger partial charge on any atom is -0.383 e. The fourth-order valence-electron chi connectivity index (χ4n) is 4.58. The molecule has 3 amide bonds. The van der Waals surface area contributed by atoms with Crippen molar-refractivity contribution >= 4 is 35.0 Å². The quantitative estimate of drug-likeness (QED) is 0.250. The Balaban J connectivity index is 1.36. The molecule has 0 saturated carbocycles. The van der Waals surface area contributed by atoms with Crippen LogP contribution < -0.4 is 16.0 Å². The van der Waals surface area contributed by atoms with Gasteiger partial charge in [0.25, 0.3) is 5.91 Å². The van der Waals surface area contributed by atoms with Crippen LogP contribution in [-0.2, 0) is 11.3 Å². The standard InChI is InChI=1S/C32H37ClN6O3/c1-22-5-8-25(17-24(22)9-6-23-7-12-30(35-19-23)37-32(41)34-14-16-42-4)31(40)36-27-11-10-26(29(33)18-27)20-39-15-13-28(21-39)38(2)3/h5,7-8,10-12,17-19,28H,13-16,20-21H2,1-4H3,(H,36,40)(H2,34,35,37,41)/t28-/m1/s1. The molecular weight excluding hydrogens is 552 g/mol. The van der Waals surface area contributed by atoms with Gasteiger partial charge in [0.2, 0.25) is 0 Å². The number of anilines is 2. The number of pyridine rings is 1. The lowest BCUT2D eigenvalue weighted by atomic mass is 10.0. The summed E-state index contributed by atoms with van der Waals surface area (Å²) >= 11 is 6.60. The number of nitrogens with one attached hydrogen (secondary N) is 3. The van der Waals surface area contributed by atoms with Gasteiger partial charge in [-0.05, 0) is 75.0 Å². The number of methoxy groups -OCH3 is 1. The number of likely N-dealkylation sites (tertiary alicyclic amines) is 1. The lowest BCUT2D eigenvalue weighted by Crippen LogP contribution is -2.31. The minimum absolute atomic E-state index is 0.240. The van der Waals surface area contributed by atoms with Crippen LogP contribution in [0, 0.1) is 18.8 Å². The van der Waals surface area contributed by atoms with Gasteiger partial charge in [-0.25, -0.2) is 9.78 Å². The highest BCUT2D eigenvalue weighted by Gasteiger charge is 2.24. The van der Waals surface area contributed by atoms with Crippen molar-refractivity contribution in [1.82, 2.24) is 20.1 Å². The third kappa shape index (κ3) is 8.78. The van der Waals surface area contributed by atoms with Gasteiger partial charge in [-0.2, -0.15) is 0 Å². The van der Waals surface area contributed by atoms with Gasteiger partial charge in [0.1, 0.15) is 5.82 Å². The Bertz CT molecular complexity index is 1470. The van der Waals surface area contributed by atoms with Crippen molar-refractivity contribution in [3.8, 4) is 11.8 Å². The van der Waals surface area contributed by atoms with Crippen LogP contribution in [0.5, 0.6) is 0 Å². The number of aryl methyl sites for hydroxylation is 1. The van der Waals surface area contributed by atoms with Gasteiger partial charge in [-0.1, -0.05) is 35.6 Å². The topological polar surface area (TPSA) is 98.8 Å². The maximum absolute atomic E-state index is 13.1. The molecule has 42 heavy (non-hydrogen) atoms. The van der Waals surface area contributed by atoms with Gasteiger partial charge >= 0.3 is 6.03 Å². The highest BCUT2D eigenvalue weighted by molar-refractivity contribution is 6.31. The zero-order valence-corrected chi connectivity index (χ0v) is 25.2. The molecule has 0 bridgehead atoms. The summed E-state index contributed by atoms with van der Waals surface area (Å²) < 4.78 is 4.91. The summed E-state index contributed by atoms with van der Waals surface area (Å²) in [5.41, 5.74) is 4.54. The van der Waals surface area contributed by atoms with Crippen molar-refractivity contribution in [2.45, 2.75) is 25.9 Å². The molecule has 1 aliphatic rings. The van der Waals surface area contributed by atoms with Gasteiger partial charge in [0, 0.05) is 72.9 Å². The minimum atomic E-state index is -0.359. The number of benzene rings is 2. The van der Waals surface area contributed by atoms with Crippen molar-refractivity contribution < 1.29 is 14.3 Å². The zero-order chi connectivity index (χ0) is 30.1. The van der Waals surface area contributed by atoms with Gasteiger partial charge in [-0.3, -0.25) is 15.0 Å². The third-order valence-electron chi connectivity index (χ3n) is 7.12. The first-order valence-corrected chi connectivity index (χ1v) is 14.2. The number of rotatable bonds is 9. The first-order valence-electron chi connectivity index (χ1n) is 13.8. The number of carbonyl (C=O) groups is 2. The number of hydrogen-bond acceptors (Lipinski definition) is 6. The summed E-state index contributed by atoms with van der Waals surface area (Å²) in [6, 6.07) is 14.8. The Morgan fingerprint density at radius 2 is 1.95 bits per heavy atom. The van der Waals surface area contributed by atoms with E-state index in [0.29, 0.717) is 46.8 Å². The van der Waals surface area contributed by atoms with Gasteiger partial charge in [0.05, 0.1) is 6.61 Å². The van der Waals surface area contributed by atoms with E-state index in [2.05, 4.69) is 56.7 Å². The lowest BCUT2D eigenvalue weighted by molar-refractivity contribution is 0.102. The van der Waals surface area contributed by atoms with E-state index in [9.17, 15) is 9.59 Å². The smallest absolute Gasteiger partial charge is 0.320 e. The highest BCUT2D eigenvalue weighted by atomic mass is 35.5. The van der Waals surface area contributed by atoms with Crippen molar-refractivity contribution in [3.63, 3.8) is 0 Å². The van der Waals surface area contributed by atoms with Crippen LogP contribution in [0.3, 0.4) is 0 Å². The van der Waals surface area contributed by atoms with Crippen molar-refractivity contribution in [3.05, 3.63) is 87.6 Å². The van der Waals surface area contributed by atoms with Gasteiger partial charge < -0.3 is 20.3 Å². The van der Waals surface area contributed by atoms with Crippen LogP contribution in [0.25, 0.3) is 0 Å². The predicted octanol–water partition coefficient (Wildman–Crippen LogP) is 4.60. The van der Waals surface area contributed by atoms with E-state index in [1.807, 2.05) is 25.1 Å². The Labute approximate surface area is 252 Å². The van der Waals surface area contributed by atoms with Crippen LogP contribution in [0.15, 0.2) is 54.7 Å². The number of likely N-dealkylation sites (N-methyl/N-ethyl adjacent to an activating group) is 1. The number of urea groups is 1. The second kappa shape index (κ2) is 14.8. The molecule has 2 heterocycles. The number of halogens is 1. The largest absolute Gasteiger partial charge is 0.383 e. The van der Waals surface area contributed by atoms with E-state index < -0.39 is 0 Å². The molecule has 0 unspecified atom stereocenters. The monoisotopic (exact) mass is 588 g/mol. The summed E-state index contributed by atoms with van der Waals surface area (Å²) in [4.78, 5) is 33.8. The maximum Gasteiger partial charge on any atom is 0.320 e. The molecule has 1 atom stereocenters. The first-order chi connectivity index (χ1) is 20.2. The fourth-order valence-corrected chi connectivity index (χ4v) is 4.82. The molecule has 1 fully saturated rings. The van der Waals surface area contributed by atoms with E-state index >= 15 is 0 Å². The molecule has 3 aromatic rings. The molecule has 9 nitrogen and oxygen atoms in total. The van der Waals surface area contributed by atoms with Gasteiger partial charge in [0.15, 0.2) is 0 Å². The Morgan fingerprint density at radius 3 is 2.64 bits per heavy atom. The molecule has 1 aromatic heterocycles. The average molecular weight is 589 g/mol. The van der Waals surface area contributed by atoms with Crippen LogP contribution >= 0.6 is 11.6 Å². The van der Waals surface area contributed by atoms with E-state index in [-0.39, 0.29) is 11.9 Å². The molecule has 4 rings (SSSR count). The zero-order valence-electron chi connectivity index (χ0n) is 24.5. The number of amides is 3. The first kappa shape index (κ1) is 31.0. The van der Waals surface area contributed by atoms with E-state index in [0.717, 1.165) is 42.7 Å². The SMILES string of the molecule is COCCNC(=O)Nc1ccc(C#Cc2cc(C(=O)Nc3ccc(CN4CC[C@@H](N(C)C)C4)c(Cl)c3)ccc2C)cn1. The molecule has 2 aromatic carbocycles. The maximum atomic E-state index is 13.1. The summed E-state index contributed by atoms with van der Waals surface area (Å²) in [5.74, 6) is 6.38. The molecular formula is C32H37ClN6O3. The molecule has 1 saturated heterocycles. The summed E-state index contributed by atoms with van der Waals surface area (Å²) in [7, 11) is 5.81. The van der Waals surface area contributed by atoms with Crippen LogP contribution in [-0.4, -0.2) is 80.2 Å². The van der Waals surface area contributed by atoms with Crippen LogP contribution in [0.1, 0.15) is 39.0 Å². The Hall–Kier alpha value is -3.94. The average Bonchev–Trinajstić information content (AvgIpc) is 3.44. The lowest BCUT2D eigenvalue weighted by Gasteiger charge is -2.21. The molecule has 3 N–H and O–H groups in total. The van der Waals surface area contributed by atoms with Crippen molar-refractivity contribution in [2.75, 3.05) is 58.1 Å². The van der Waals surface area contributed by atoms with Crippen molar-refractivity contribution in [2.24, 2.45) is 0 Å². The van der Waals surface area contributed by atoms with Gasteiger partial charge in [-0.15, -0.1) is 0 Å². The highest BCUT2D eigenvalue weighted by Crippen LogP contribution is 2.25. The second-order valence-electron chi connectivity index (χ2n) is 10.5. The van der Waals surface area contributed by atoms with E-state index in [1.54, 1.807) is 43.6 Å². The summed E-state index contributed by atoms with van der Waals surface area (Å²) in [6.45, 7) is 5.63. The number of aromatic nitrogens is 1. The number of carbonyl (C=O) groups excluding carboxylic acids is 2. The number of hydrogen-bond donors (Lipinski definition) is 3. The summed E-state index contributed by atoms with van der Waals surface area (Å²) in [5, 5.41) is 8.91. The molecule has 10 heteroatoms. The van der Waals surface area contributed by atoms with Crippen LogP contribution in [0.4, 0.5) is 16.3 Å². The number of ether oxygens (including phenoxy) is 1. The molecule has 220 valence electrons. The second-order valence-corrected chi connectivity index (χ2v) is 10.9. The van der Waals surface area contributed by atoms with E-state index in [4.69, 9.17) is 16.3 Å². The fraction of sp³-hybridized carbons (Fsp3) is 0.344. The molecule has 0 aliphatic carbocycles. The predicted molar refractivity (Wildman–Crippen MR) is 167 cm³/mol. The summed E-state index contributed by atoms with van der Waals surface area (Å²) in [6.07, 6.45) is 2.74. The van der Waals surface area contributed by atoms with Crippen molar-refractivity contribution in [1.29, 1.82) is 0 Å². The van der Waals surface area contributed by atoms with E-state index in [1.165, 1.54) is 0 Å². The third-order valence-corrected chi connectivity index (χ3v) is 7.47. The Kier molecular flexibility index (Phi) is 10.9. The molecule has 0 spiro atoms. The Morgan fingerprint density at radius 1 is 1.12 bits per heavy atom. The molecule has 0 radical (unpaired) electrons. The normalized spacial score (nSPS) is 14.8. The van der Waals surface area contributed by atoms with Crippen LogP contribution in [0.2, 0.25) is 5.02 Å².